The van der Waals surface area contributed by atoms with Gasteiger partial charge in [0.15, 0.2) is 0 Å². The molecule has 0 radical (unpaired) electrons. The molecule has 0 heterocycles. The van der Waals surface area contributed by atoms with Crippen LogP contribution >= 0.6 is 0 Å². The molecular weight excluding hydrogens is 146 g/mol. The van der Waals surface area contributed by atoms with Crippen molar-refractivity contribution in [3.63, 3.8) is 0 Å². The molecule has 0 aromatic rings. The van der Waals surface area contributed by atoms with Gasteiger partial charge in [0, 0.05) is 6.04 Å². The van der Waals surface area contributed by atoms with E-state index < -0.39 is 0 Å². The van der Waals surface area contributed by atoms with Crippen molar-refractivity contribution in [1.29, 1.82) is 0 Å². The lowest BCUT2D eigenvalue weighted by molar-refractivity contribution is 0.350. The van der Waals surface area contributed by atoms with Gasteiger partial charge in [0.25, 0.3) is 0 Å². The number of allylic oxidation sites excluding steroid dienone is 3. The summed E-state index contributed by atoms with van der Waals surface area (Å²) in [6, 6.07) is 0.211. The molecule has 1 atom stereocenters. The van der Waals surface area contributed by atoms with Gasteiger partial charge in [0.1, 0.15) is 0 Å². The van der Waals surface area contributed by atoms with Crippen LogP contribution in [0.15, 0.2) is 23.8 Å². The van der Waals surface area contributed by atoms with E-state index in [2.05, 4.69) is 39.0 Å². The second-order valence-electron chi connectivity index (χ2n) is 4.53. The van der Waals surface area contributed by atoms with Crippen molar-refractivity contribution >= 4 is 0 Å². The van der Waals surface area contributed by atoms with Gasteiger partial charge in [-0.15, -0.1) is 0 Å². The molecule has 2 N–H and O–H groups in total. The van der Waals surface area contributed by atoms with E-state index >= 15 is 0 Å². The fourth-order valence-electron chi connectivity index (χ4n) is 1.43. The van der Waals surface area contributed by atoms with E-state index in [0.717, 1.165) is 12.8 Å². The summed E-state index contributed by atoms with van der Waals surface area (Å²) in [5, 5.41) is 0. The van der Waals surface area contributed by atoms with Crippen LogP contribution in [0.2, 0.25) is 0 Å². The zero-order valence-electron chi connectivity index (χ0n) is 8.30. The van der Waals surface area contributed by atoms with Gasteiger partial charge in [-0.05, 0) is 18.3 Å². The summed E-state index contributed by atoms with van der Waals surface area (Å²) < 4.78 is 0. The Morgan fingerprint density at radius 3 is 2.42 bits per heavy atom. The molecule has 0 saturated heterocycles. The van der Waals surface area contributed by atoms with E-state index in [4.69, 9.17) is 5.73 Å². The largest absolute Gasteiger partial charge is 0.324 e. The number of hydrogen-bond acceptors (Lipinski definition) is 1. The lowest BCUT2D eigenvalue weighted by atomic mass is 9.80. The Morgan fingerprint density at radius 1 is 1.33 bits per heavy atom. The quantitative estimate of drug-likeness (QED) is 0.594. The Balaban J connectivity index is 2.64. The van der Waals surface area contributed by atoms with Crippen LogP contribution in [0.5, 0.6) is 0 Å². The molecular formula is C11H19N. The van der Waals surface area contributed by atoms with Gasteiger partial charge in [0.2, 0.25) is 0 Å². The molecule has 1 rings (SSSR count). The summed E-state index contributed by atoms with van der Waals surface area (Å²) in [5.74, 6) is 0. The highest BCUT2D eigenvalue weighted by Crippen LogP contribution is 2.26. The summed E-state index contributed by atoms with van der Waals surface area (Å²) in [6.07, 6.45) is 8.76. The van der Waals surface area contributed by atoms with Crippen LogP contribution < -0.4 is 5.73 Å². The molecule has 1 nitrogen and oxygen atoms in total. The van der Waals surface area contributed by atoms with E-state index in [-0.39, 0.29) is 11.5 Å². The average molecular weight is 165 g/mol. The molecule has 0 bridgehead atoms. The summed E-state index contributed by atoms with van der Waals surface area (Å²) in [4.78, 5) is 0. The van der Waals surface area contributed by atoms with Gasteiger partial charge in [0.05, 0.1) is 0 Å². The maximum Gasteiger partial charge on any atom is 0.0306 e. The first-order chi connectivity index (χ1) is 5.52. The first-order valence-electron chi connectivity index (χ1n) is 4.61. The Bertz CT molecular complexity index is 206. The normalized spacial score (nSPS) is 20.5. The highest BCUT2D eigenvalue weighted by Gasteiger charge is 2.23. The van der Waals surface area contributed by atoms with Crippen molar-refractivity contribution in [2.45, 2.75) is 39.7 Å². The molecule has 0 saturated carbocycles. The molecule has 1 aliphatic carbocycles. The van der Waals surface area contributed by atoms with E-state index in [1.54, 1.807) is 0 Å². The predicted molar refractivity (Wildman–Crippen MR) is 53.9 cm³/mol. The zero-order chi connectivity index (χ0) is 9.19. The molecule has 1 heteroatoms. The molecule has 1 aliphatic rings. The second kappa shape index (κ2) is 3.44. The summed E-state index contributed by atoms with van der Waals surface area (Å²) in [6.45, 7) is 6.57. The van der Waals surface area contributed by atoms with Gasteiger partial charge in [-0.3, -0.25) is 0 Å². The van der Waals surface area contributed by atoms with Crippen LogP contribution in [0.3, 0.4) is 0 Å². The Labute approximate surface area is 75.3 Å². The van der Waals surface area contributed by atoms with Crippen LogP contribution in [-0.2, 0) is 0 Å². The molecule has 12 heavy (non-hydrogen) atoms. The van der Waals surface area contributed by atoms with Crippen LogP contribution in [-0.4, -0.2) is 6.04 Å². The Hall–Kier alpha value is -0.560. The molecule has 0 fully saturated rings. The SMILES string of the molecule is CC(C)(C)C(N)C1=CCC=CC1. The van der Waals surface area contributed by atoms with Crippen LogP contribution in [0.1, 0.15) is 33.6 Å². The van der Waals surface area contributed by atoms with Gasteiger partial charge >= 0.3 is 0 Å². The third-order valence-corrected chi connectivity index (χ3v) is 2.37. The minimum Gasteiger partial charge on any atom is -0.324 e. The third kappa shape index (κ3) is 2.21. The van der Waals surface area contributed by atoms with Crippen molar-refractivity contribution in [3.05, 3.63) is 23.8 Å². The van der Waals surface area contributed by atoms with Gasteiger partial charge in [-0.2, -0.15) is 0 Å². The number of hydrogen-bond donors (Lipinski definition) is 1. The Morgan fingerprint density at radius 2 is 2.00 bits per heavy atom. The highest BCUT2D eigenvalue weighted by atomic mass is 14.7. The zero-order valence-corrected chi connectivity index (χ0v) is 8.30. The van der Waals surface area contributed by atoms with Crippen molar-refractivity contribution < 1.29 is 0 Å². The number of nitrogens with two attached hydrogens (primary N) is 1. The molecule has 0 amide bonds. The van der Waals surface area contributed by atoms with Crippen molar-refractivity contribution in [2.24, 2.45) is 11.1 Å². The first-order valence-corrected chi connectivity index (χ1v) is 4.61. The monoisotopic (exact) mass is 165 g/mol. The van der Waals surface area contributed by atoms with E-state index in [1.807, 2.05) is 0 Å². The summed E-state index contributed by atoms with van der Waals surface area (Å²) in [5.41, 5.74) is 7.71. The van der Waals surface area contributed by atoms with E-state index in [1.165, 1.54) is 5.57 Å². The smallest absolute Gasteiger partial charge is 0.0306 e. The number of rotatable bonds is 1. The minimum atomic E-state index is 0.191. The molecule has 0 aliphatic heterocycles. The van der Waals surface area contributed by atoms with Crippen LogP contribution in [0.25, 0.3) is 0 Å². The third-order valence-electron chi connectivity index (χ3n) is 2.37. The summed E-state index contributed by atoms with van der Waals surface area (Å²) in [7, 11) is 0. The van der Waals surface area contributed by atoms with E-state index in [0.29, 0.717) is 0 Å². The maximum atomic E-state index is 6.12. The Kier molecular flexibility index (Phi) is 2.73. The molecule has 0 aromatic carbocycles. The summed E-state index contributed by atoms with van der Waals surface area (Å²) >= 11 is 0. The maximum absolute atomic E-state index is 6.12. The fourth-order valence-corrected chi connectivity index (χ4v) is 1.43. The van der Waals surface area contributed by atoms with Gasteiger partial charge in [-0.1, -0.05) is 44.6 Å². The van der Waals surface area contributed by atoms with Crippen LogP contribution in [0.4, 0.5) is 0 Å². The second-order valence-corrected chi connectivity index (χ2v) is 4.53. The fraction of sp³-hybridized carbons (Fsp3) is 0.636. The van der Waals surface area contributed by atoms with E-state index in [9.17, 15) is 0 Å². The molecule has 0 aromatic heterocycles. The molecule has 1 unspecified atom stereocenters. The van der Waals surface area contributed by atoms with Crippen molar-refractivity contribution in [1.82, 2.24) is 0 Å². The molecule has 0 spiro atoms. The minimum absolute atomic E-state index is 0.191. The predicted octanol–water partition coefficient (Wildman–Crippen LogP) is 2.64. The molecule has 68 valence electrons. The highest BCUT2D eigenvalue weighted by molar-refractivity contribution is 5.21. The topological polar surface area (TPSA) is 26.0 Å². The lowest BCUT2D eigenvalue weighted by Gasteiger charge is -2.30. The standard InChI is InChI=1S/C11H19N/c1-11(2,3)10(12)9-7-5-4-6-8-9/h4-5,8,10H,6-7,12H2,1-3H3. The van der Waals surface area contributed by atoms with Crippen LogP contribution in [0, 0.1) is 5.41 Å². The van der Waals surface area contributed by atoms with Crippen molar-refractivity contribution in [3.8, 4) is 0 Å². The van der Waals surface area contributed by atoms with Crippen molar-refractivity contribution in [2.75, 3.05) is 0 Å². The average Bonchev–Trinajstić information content (AvgIpc) is 2.03. The lowest BCUT2D eigenvalue weighted by Crippen LogP contribution is -2.36. The van der Waals surface area contributed by atoms with Gasteiger partial charge in [-0.25, -0.2) is 0 Å². The first kappa shape index (κ1) is 9.53. The van der Waals surface area contributed by atoms with Gasteiger partial charge < -0.3 is 5.73 Å².